The first-order valence-corrected chi connectivity index (χ1v) is 15.1. The molecule has 190 valence electrons. The van der Waals surface area contributed by atoms with Gasteiger partial charge in [-0.05, 0) is 39.0 Å². The molecule has 4 heteroatoms. The highest BCUT2D eigenvalue weighted by atomic mass is 31.1. The van der Waals surface area contributed by atoms with Crippen molar-refractivity contribution in [2.45, 2.75) is 148 Å². The zero-order valence-corrected chi connectivity index (χ0v) is 23.3. The minimum Gasteiger partial charge on any atom is -0.595 e. The maximum Gasteiger partial charge on any atom is 0.318 e. The van der Waals surface area contributed by atoms with Gasteiger partial charge in [0.15, 0.2) is 0 Å². The van der Waals surface area contributed by atoms with Crippen molar-refractivity contribution in [3.05, 3.63) is 12.2 Å². The number of rotatable bonds is 23. The van der Waals surface area contributed by atoms with Crippen LogP contribution in [0.25, 0.3) is 0 Å². The Kier molecular flexibility index (Phi) is 21.1. The molecule has 3 unspecified atom stereocenters. The Labute approximate surface area is 202 Å². The summed E-state index contributed by atoms with van der Waals surface area (Å²) < 4.78 is 12.2. The van der Waals surface area contributed by atoms with E-state index in [1.54, 1.807) is 0 Å². The first-order valence-electron chi connectivity index (χ1n) is 13.9. The van der Waals surface area contributed by atoms with Crippen molar-refractivity contribution in [1.82, 2.24) is 0 Å². The second-order valence-corrected chi connectivity index (χ2v) is 12.2. The van der Waals surface area contributed by atoms with Crippen molar-refractivity contribution in [1.29, 1.82) is 0 Å². The van der Waals surface area contributed by atoms with Gasteiger partial charge in [0.1, 0.15) is 6.04 Å². The Morgan fingerprint density at radius 3 is 1.44 bits per heavy atom. The van der Waals surface area contributed by atoms with E-state index in [9.17, 15) is 9.46 Å². The predicted molar refractivity (Wildman–Crippen MR) is 141 cm³/mol. The highest BCUT2D eigenvalue weighted by Crippen LogP contribution is 2.29. The molecule has 0 fully saturated rings. The Bertz CT molecular complexity index is 459. The molecule has 0 rings (SSSR count). The molecule has 0 aliphatic carbocycles. The van der Waals surface area contributed by atoms with Gasteiger partial charge in [-0.3, -0.25) is 0 Å². The van der Waals surface area contributed by atoms with Crippen LogP contribution in [0.15, 0.2) is 12.2 Å². The zero-order valence-electron chi connectivity index (χ0n) is 22.5. The maximum atomic E-state index is 11.4. The summed E-state index contributed by atoms with van der Waals surface area (Å²) in [6.45, 7) is 4.15. The van der Waals surface area contributed by atoms with Gasteiger partial charge in [0.05, 0.1) is 21.1 Å². The molecule has 0 aromatic heterocycles. The molecule has 0 aliphatic heterocycles. The van der Waals surface area contributed by atoms with E-state index in [0.29, 0.717) is 0 Å². The molecular formula is C28H57NO2P+. The summed E-state index contributed by atoms with van der Waals surface area (Å²) in [5.74, 6) is 0. The Balaban J connectivity index is 3.47. The van der Waals surface area contributed by atoms with E-state index in [1.807, 2.05) is 6.92 Å². The fraction of sp³-hybridized carbons (Fsp3) is 0.929. The number of hydrogen-bond acceptors (Lipinski definition) is 2. The standard InChI is InChI=1S/C28H57NO2P/c1-6-7-8-9-10-11-12-13-14-15-16-17-18-19-20-21-22-23-24-25-26-28(29(3,4)5)27(2)32(30)31/h16-17,27-28H,6-15,18-26H2,1-5H3/q+1. The molecule has 32 heavy (non-hydrogen) atoms. The summed E-state index contributed by atoms with van der Waals surface area (Å²) in [7, 11) is 4.01. The van der Waals surface area contributed by atoms with E-state index in [0.717, 1.165) is 17.3 Å². The molecule has 0 bridgehead atoms. The van der Waals surface area contributed by atoms with Crippen LogP contribution in [0, 0.1) is 0 Å². The summed E-state index contributed by atoms with van der Waals surface area (Å²) in [5.41, 5.74) is -0.238. The van der Waals surface area contributed by atoms with Crippen LogP contribution in [0.3, 0.4) is 0 Å². The molecule has 0 amide bonds. The summed E-state index contributed by atoms with van der Waals surface area (Å²) in [4.78, 5) is 11.4. The average molecular weight is 471 g/mol. The fourth-order valence-electron chi connectivity index (χ4n) is 4.72. The lowest BCUT2D eigenvalue weighted by molar-refractivity contribution is -0.896. The highest BCUT2D eigenvalue weighted by molar-refractivity contribution is 7.37. The highest BCUT2D eigenvalue weighted by Gasteiger charge is 2.36. The van der Waals surface area contributed by atoms with E-state index in [1.165, 1.54) is 109 Å². The SMILES string of the molecule is CCCCCCCCCCCC=CCCCCCCCCCC(C(C)[P+](=O)[O-])[N+](C)(C)C. The van der Waals surface area contributed by atoms with Crippen molar-refractivity contribution in [2.75, 3.05) is 21.1 Å². The molecule has 0 aromatic rings. The molecule has 3 nitrogen and oxygen atoms in total. The normalized spacial score (nSPS) is 14.8. The summed E-state index contributed by atoms with van der Waals surface area (Å²) in [6, 6.07) is 0.207. The van der Waals surface area contributed by atoms with Gasteiger partial charge in [-0.25, -0.2) is 0 Å². The van der Waals surface area contributed by atoms with Crippen LogP contribution in [0.5, 0.6) is 0 Å². The molecule has 3 atom stereocenters. The third-order valence-corrected chi connectivity index (χ3v) is 7.91. The maximum absolute atomic E-state index is 11.4. The third kappa shape index (κ3) is 19.2. The number of allylic oxidation sites excluding steroid dienone is 2. The first kappa shape index (κ1) is 31.8. The van der Waals surface area contributed by atoms with Gasteiger partial charge in [0.2, 0.25) is 5.66 Å². The quantitative estimate of drug-likeness (QED) is 0.0649. The van der Waals surface area contributed by atoms with Gasteiger partial charge < -0.3 is 9.38 Å². The topological polar surface area (TPSA) is 40.1 Å². The van der Waals surface area contributed by atoms with Crippen LogP contribution in [-0.4, -0.2) is 37.3 Å². The number of nitrogens with zero attached hydrogens (tertiary/aromatic N) is 1. The van der Waals surface area contributed by atoms with Gasteiger partial charge >= 0.3 is 8.03 Å². The monoisotopic (exact) mass is 470 g/mol. The third-order valence-electron chi connectivity index (χ3n) is 6.90. The van der Waals surface area contributed by atoms with Gasteiger partial charge in [-0.15, -0.1) is 0 Å². The average Bonchev–Trinajstić information content (AvgIpc) is 2.73. The number of quaternary nitrogens is 1. The van der Waals surface area contributed by atoms with Crippen LogP contribution < -0.4 is 4.89 Å². The zero-order chi connectivity index (χ0) is 24.1. The number of unbranched alkanes of at least 4 members (excludes halogenated alkanes) is 16. The van der Waals surface area contributed by atoms with Crippen LogP contribution in [0.1, 0.15) is 136 Å². The van der Waals surface area contributed by atoms with Crippen LogP contribution in [0.2, 0.25) is 0 Å². The van der Waals surface area contributed by atoms with Crippen molar-refractivity contribution >= 4 is 8.03 Å². The van der Waals surface area contributed by atoms with Crippen LogP contribution >= 0.6 is 8.03 Å². The van der Waals surface area contributed by atoms with Crippen LogP contribution in [0.4, 0.5) is 0 Å². The Hall–Kier alpha value is -0.240. The van der Waals surface area contributed by atoms with E-state index in [4.69, 9.17) is 0 Å². The van der Waals surface area contributed by atoms with Gasteiger partial charge in [0.25, 0.3) is 0 Å². The number of hydrogen-bond donors (Lipinski definition) is 0. The van der Waals surface area contributed by atoms with E-state index in [2.05, 4.69) is 40.2 Å². The first-order chi connectivity index (χ1) is 15.3. The summed E-state index contributed by atoms with van der Waals surface area (Å²) in [6.07, 6.45) is 30.0. The van der Waals surface area contributed by atoms with Crippen molar-refractivity contribution in [3.63, 3.8) is 0 Å². The van der Waals surface area contributed by atoms with Gasteiger partial charge in [0, 0.05) is 6.42 Å². The minimum atomic E-state index is -2.33. The molecule has 0 saturated heterocycles. The second-order valence-electron chi connectivity index (χ2n) is 10.9. The summed E-state index contributed by atoms with van der Waals surface area (Å²) in [5, 5.41) is 0. The molecule has 0 aliphatic rings. The lowest BCUT2D eigenvalue weighted by Crippen LogP contribution is -2.50. The molecule has 0 N–H and O–H groups in total. The Morgan fingerprint density at radius 2 is 1.06 bits per heavy atom. The fourth-order valence-corrected chi connectivity index (χ4v) is 5.55. The van der Waals surface area contributed by atoms with E-state index >= 15 is 0 Å². The van der Waals surface area contributed by atoms with E-state index in [-0.39, 0.29) is 11.7 Å². The smallest absolute Gasteiger partial charge is 0.318 e. The molecule has 0 spiro atoms. The lowest BCUT2D eigenvalue weighted by Gasteiger charge is -2.34. The van der Waals surface area contributed by atoms with E-state index < -0.39 is 8.03 Å². The predicted octanol–water partition coefficient (Wildman–Crippen LogP) is 8.54. The van der Waals surface area contributed by atoms with Crippen molar-refractivity contribution < 1.29 is 13.9 Å². The molecule has 0 saturated carbocycles. The van der Waals surface area contributed by atoms with Crippen molar-refractivity contribution in [3.8, 4) is 0 Å². The molecule has 0 aromatic carbocycles. The minimum absolute atomic E-state index is 0.207. The summed E-state index contributed by atoms with van der Waals surface area (Å²) >= 11 is 0. The molecular weight excluding hydrogens is 413 g/mol. The molecule has 0 radical (unpaired) electrons. The largest absolute Gasteiger partial charge is 0.595 e. The van der Waals surface area contributed by atoms with Gasteiger partial charge in [-0.1, -0.05) is 107 Å². The van der Waals surface area contributed by atoms with Crippen molar-refractivity contribution in [2.24, 2.45) is 0 Å². The van der Waals surface area contributed by atoms with Gasteiger partial charge in [-0.2, -0.15) is 0 Å². The van der Waals surface area contributed by atoms with Crippen LogP contribution in [-0.2, 0) is 4.57 Å². The lowest BCUT2D eigenvalue weighted by atomic mass is 10.0. The second kappa shape index (κ2) is 21.3. The Morgan fingerprint density at radius 1 is 0.688 bits per heavy atom. The molecule has 0 heterocycles.